The predicted octanol–water partition coefficient (Wildman–Crippen LogP) is -3.50. The summed E-state index contributed by atoms with van der Waals surface area (Å²) in [4.78, 5) is 21.3. The summed E-state index contributed by atoms with van der Waals surface area (Å²) in [5.41, 5.74) is -1.17. The molecule has 0 spiro atoms. The van der Waals surface area contributed by atoms with E-state index < -0.39 is 17.3 Å². The summed E-state index contributed by atoms with van der Waals surface area (Å²) in [6.45, 7) is 4.09. The summed E-state index contributed by atoms with van der Waals surface area (Å²) in [7, 11) is 0. The zero-order chi connectivity index (χ0) is 9.94. The first-order valence-corrected chi connectivity index (χ1v) is 3.45. The molecule has 0 bridgehead atoms. The van der Waals surface area contributed by atoms with Crippen LogP contribution in [0.5, 0.6) is 0 Å². The van der Waals surface area contributed by atoms with Crippen LogP contribution < -0.4 is 34.7 Å². The summed E-state index contributed by atoms with van der Waals surface area (Å²) in [6, 6.07) is 1.54. The molecule has 13 heavy (non-hydrogen) atoms. The second-order valence-electron chi connectivity index (χ2n) is 3.16. The zero-order valence-electron chi connectivity index (χ0n) is 8.25. The van der Waals surface area contributed by atoms with E-state index in [0.717, 1.165) is 0 Å². The fourth-order valence-corrected chi connectivity index (χ4v) is 0.712. The average molecular weight is 191 g/mol. The Morgan fingerprint density at radius 3 is 1.92 bits per heavy atom. The maximum absolute atomic E-state index is 10.9. The number of rotatable bonds is 3. The topological polar surface area (TPSA) is 81.0 Å². The maximum atomic E-state index is 10.9. The van der Waals surface area contributed by atoms with Gasteiger partial charge in [-0.3, -0.25) is 4.79 Å². The van der Waals surface area contributed by atoms with Crippen molar-refractivity contribution in [2.75, 3.05) is 0 Å². The van der Waals surface area contributed by atoms with Gasteiger partial charge in [-0.2, -0.15) is 5.26 Å². The normalized spacial score (nSPS) is 12.2. The minimum absolute atomic E-state index is 0. The molecule has 0 aromatic carbocycles. The van der Waals surface area contributed by atoms with Crippen LogP contribution in [-0.2, 0) is 9.59 Å². The van der Waals surface area contributed by atoms with Crippen LogP contribution in [0.15, 0.2) is 0 Å². The molecular weight excluding hydrogens is 181 g/mol. The molecule has 0 rings (SSSR count). The smallest absolute Gasteiger partial charge is 0.549 e. The van der Waals surface area contributed by atoms with Gasteiger partial charge in [-0.1, -0.05) is 13.8 Å². The molecular formula is C8H10NNaO3. The predicted molar refractivity (Wildman–Crippen MR) is 38.6 cm³/mol. The number of carboxylic acids is 1. The molecule has 0 saturated carbocycles. The maximum Gasteiger partial charge on any atom is 1.00 e. The van der Waals surface area contributed by atoms with Gasteiger partial charge in [0, 0.05) is 5.41 Å². The number of carbonyl (C=O) groups is 2. The van der Waals surface area contributed by atoms with Gasteiger partial charge in [0.1, 0.15) is 5.78 Å². The minimum atomic E-state index is -1.50. The largest absolute Gasteiger partial charge is 1.00 e. The standard InChI is InChI=1S/C8H11NO3.Na/c1-5(10)8(2,3)6(4-9)7(11)12;/h6H,1-3H3,(H,11,12);/q;+1/p-1. The number of carboxylic acid groups (broad SMARTS) is 1. The van der Waals surface area contributed by atoms with E-state index in [-0.39, 0.29) is 35.3 Å². The van der Waals surface area contributed by atoms with Crippen molar-refractivity contribution in [3.8, 4) is 6.07 Å². The number of carbonyl (C=O) groups excluding carboxylic acids is 2. The number of nitrogens with zero attached hydrogens (tertiary/aromatic N) is 1. The van der Waals surface area contributed by atoms with Gasteiger partial charge in [0.25, 0.3) is 0 Å². The molecule has 0 aromatic rings. The van der Waals surface area contributed by atoms with Gasteiger partial charge in [-0.25, -0.2) is 0 Å². The second-order valence-corrected chi connectivity index (χ2v) is 3.16. The van der Waals surface area contributed by atoms with Crippen molar-refractivity contribution in [3.05, 3.63) is 0 Å². The molecule has 0 amide bonds. The first-order chi connectivity index (χ1) is 5.34. The van der Waals surface area contributed by atoms with Gasteiger partial charge in [0.2, 0.25) is 0 Å². The Bertz CT molecular complexity index is 255. The first kappa shape index (κ1) is 15.1. The van der Waals surface area contributed by atoms with Gasteiger partial charge in [0.05, 0.1) is 18.0 Å². The third-order valence-electron chi connectivity index (χ3n) is 1.99. The van der Waals surface area contributed by atoms with Crippen molar-refractivity contribution in [1.29, 1.82) is 5.26 Å². The monoisotopic (exact) mass is 191 g/mol. The van der Waals surface area contributed by atoms with Gasteiger partial charge in [-0.05, 0) is 6.92 Å². The Morgan fingerprint density at radius 2 is 1.85 bits per heavy atom. The van der Waals surface area contributed by atoms with Crippen molar-refractivity contribution in [2.24, 2.45) is 11.3 Å². The zero-order valence-corrected chi connectivity index (χ0v) is 10.2. The molecule has 0 fully saturated rings. The second kappa shape index (κ2) is 5.38. The molecule has 1 atom stereocenters. The molecule has 0 aliphatic rings. The van der Waals surface area contributed by atoms with E-state index in [1.165, 1.54) is 20.8 Å². The van der Waals surface area contributed by atoms with Crippen molar-refractivity contribution < 1.29 is 44.3 Å². The van der Waals surface area contributed by atoms with E-state index in [1.54, 1.807) is 6.07 Å². The van der Waals surface area contributed by atoms with Crippen LogP contribution in [0.1, 0.15) is 20.8 Å². The number of hydrogen-bond donors (Lipinski definition) is 0. The van der Waals surface area contributed by atoms with Crippen molar-refractivity contribution in [2.45, 2.75) is 20.8 Å². The summed E-state index contributed by atoms with van der Waals surface area (Å²) in [5, 5.41) is 18.9. The van der Waals surface area contributed by atoms with Crippen LogP contribution in [-0.4, -0.2) is 11.8 Å². The van der Waals surface area contributed by atoms with Crippen LogP contribution in [0.4, 0.5) is 0 Å². The van der Waals surface area contributed by atoms with E-state index in [2.05, 4.69) is 0 Å². The van der Waals surface area contributed by atoms with Crippen LogP contribution in [0, 0.1) is 22.7 Å². The molecule has 0 N–H and O–H groups in total. The van der Waals surface area contributed by atoms with Gasteiger partial charge >= 0.3 is 29.6 Å². The number of hydrogen-bond acceptors (Lipinski definition) is 4. The Labute approximate surface area is 99.2 Å². The van der Waals surface area contributed by atoms with Crippen molar-refractivity contribution in [3.63, 3.8) is 0 Å². The Morgan fingerprint density at radius 1 is 1.46 bits per heavy atom. The molecule has 0 aliphatic heterocycles. The molecule has 0 aromatic heterocycles. The summed E-state index contributed by atoms with van der Waals surface area (Å²) in [6.07, 6.45) is 0. The van der Waals surface area contributed by atoms with Gasteiger partial charge < -0.3 is 9.90 Å². The molecule has 66 valence electrons. The molecule has 0 radical (unpaired) electrons. The van der Waals surface area contributed by atoms with E-state index in [0.29, 0.717) is 0 Å². The molecule has 0 heterocycles. The quantitative estimate of drug-likeness (QED) is 0.433. The summed E-state index contributed by atoms with van der Waals surface area (Å²) >= 11 is 0. The Hall–Kier alpha value is -0.370. The summed E-state index contributed by atoms with van der Waals surface area (Å²) in [5.74, 6) is -3.22. The van der Waals surface area contributed by atoms with E-state index in [9.17, 15) is 14.7 Å². The third-order valence-corrected chi connectivity index (χ3v) is 1.99. The van der Waals surface area contributed by atoms with Crippen LogP contribution in [0.3, 0.4) is 0 Å². The number of nitriles is 1. The molecule has 1 unspecified atom stereocenters. The summed E-state index contributed by atoms with van der Waals surface area (Å²) < 4.78 is 0. The van der Waals surface area contributed by atoms with Crippen molar-refractivity contribution >= 4 is 11.8 Å². The number of aliphatic carboxylic acids is 1. The molecule has 0 aliphatic carbocycles. The third kappa shape index (κ3) is 3.47. The van der Waals surface area contributed by atoms with E-state index >= 15 is 0 Å². The average Bonchev–Trinajstić information content (AvgIpc) is 1.86. The molecule has 5 heteroatoms. The van der Waals surface area contributed by atoms with E-state index in [1.807, 2.05) is 0 Å². The first-order valence-electron chi connectivity index (χ1n) is 3.45. The van der Waals surface area contributed by atoms with Crippen molar-refractivity contribution in [1.82, 2.24) is 0 Å². The van der Waals surface area contributed by atoms with Gasteiger partial charge in [-0.15, -0.1) is 0 Å². The number of Topliss-reactive ketones (excluding diaryl/α,β-unsaturated/α-hetero) is 1. The Kier molecular flexibility index (Phi) is 6.26. The van der Waals surface area contributed by atoms with Crippen LogP contribution >= 0.6 is 0 Å². The minimum Gasteiger partial charge on any atom is -0.549 e. The van der Waals surface area contributed by atoms with Crippen LogP contribution in [0.2, 0.25) is 0 Å². The molecule has 4 nitrogen and oxygen atoms in total. The molecule has 0 saturated heterocycles. The fourth-order valence-electron chi connectivity index (χ4n) is 0.712. The van der Waals surface area contributed by atoms with E-state index in [4.69, 9.17) is 5.26 Å². The Balaban J connectivity index is 0. The van der Waals surface area contributed by atoms with Crippen LogP contribution in [0.25, 0.3) is 0 Å². The SMILES string of the molecule is CC(=O)C(C)(C)C(C#N)C(=O)[O-].[Na+]. The fraction of sp³-hybridized carbons (Fsp3) is 0.625. The van der Waals surface area contributed by atoms with Gasteiger partial charge in [0.15, 0.2) is 0 Å². The number of ketones is 1.